The molecule has 0 saturated carbocycles. The Labute approximate surface area is 120 Å². The van der Waals surface area contributed by atoms with E-state index in [1.165, 1.54) is 43.3 Å². The summed E-state index contributed by atoms with van der Waals surface area (Å²) in [5.74, 6) is 0. The van der Waals surface area contributed by atoms with Crippen LogP contribution in [0.15, 0.2) is 43.0 Å². The second kappa shape index (κ2) is 8.54. The van der Waals surface area contributed by atoms with E-state index in [-0.39, 0.29) is 0 Å². The molecule has 0 aromatic heterocycles. The average molecular weight is 278 g/mol. The molecule has 1 unspecified atom stereocenters. The molecule has 0 N–H and O–H groups in total. The summed E-state index contributed by atoms with van der Waals surface area (Å²) in [7, 11) is -1.28. The second-order valence-corrected chi connectivity index (χ2v) is 10.6. The van der Waals surface area contributed by atoms with Crippen LogP contribution in [0.3, 0.4) is 0 Å². The number of hydrogen-bond donors (Lipinski definition) is 0. The van der Waals surface area contributed by atoms with Gasteiger partial charge in [-0.1, -0.05) is 0 Å². The monoisotopic (exact) mass is 278 g/mol. The minimum atomic E-state index is -1.28. The van der Waals surface area contributed by atoms with Gasteiger partial charge in [-0.25, -0.2) is 0 Å². The SMILES string of the molecule is C=CC(c1ccccc1)[PH](CCC)(CCC)CCC. The molecule has 1 rings (SSSR count). The molecular formula is C18H31P. The first-order valence-corrected chi connectivity index (χ1v) is 10.6. The Hall–Kier alpha value is -0.610. The summed E-state index contributed by atoms with van der Waals surface area (Å²) >= 11 is 0. The summed E-state index contributed by atoms with van der Waals surface area (Å²) in [5, 5.41) is 0. The zero-order chi connectivity index (χ0) is 14.1. The van der Waals surface area contributed by atoms with Gasteiger partial charge in [0.05, 0.1) is 0 Å². The Bertz CT molecular complexity index is 338. The molecule has 0 aliphatic rings. The van der Waals surface area contributed by atoms with Gasteiger partial charge >= 0.3 is 120 Å². The Morgan fingerprint density at radius 1 is 0.947 bits per heavy atom. The van der Waals surface area contributed by atoms with Crippen LogP contribution < -0.4 is 0 Å². The van der Waals surface area contributed by atoms with Gasteiger partial charge in [0.1, 0.15) is 0 Å². The Balaban J connectivity index is 3.14. The normalized spacial score (nSPS) is 14.1. The zero-order valence-electron chi connectivity index (χ0n) is 13.0. The van der Waals surface area contributed by atoms with E-state index < -0.39 is 7.26 Å². The van der Waals surface area contributed by atoms with Gasteiger partial charge in [-0.3, -0.25) is 0 Å². The number of benzene rings is 1. The Kier molecular flexibility index (Phi) is 7.39. The molecule has 1 aromatic carbocycles. The van der Waals surface area contributed by atoms with Gasteiger partial charge in [-0.05, 0) is 0 Å². The first-order valence-electron chi connectivity index (χ1n) is 7.91. The van der Waals surface area contributed by atoms with Crippen molar-refractivity contribution >= 4 is 7.26 Å². The van der Waals surface area contributed by atoms with Crippen molar-refractivity contribution in [3.63, 3.8) is 0 Å². The third-order valence-corrected chi connectivity index (χ3v) is 10.7. The summed E-state index contributed by atoms with van der Waals surface area (Å²) < 4.78 is 0. The second-order valence-electron chi connectivity index (χ2n) is 5.74. The van der Waals surface area contributed by atoms with Crippen LogP contribution in [-0.4, -0.2) is 18.5 Å². The van der Waals surface area contributed by atoms with E-state index in [0.29, 0.717) is 5.66 Å². The fourth-order valence-electron chi connectivity index (χ4n) is 3.74. The summed E-state index contributed by atoms with van der Waals surface area (Å²) in [6.45, 7) is 11.2. The van der Waals surface area contributed by atoms with Crippen LogP contribution in [0.1, 0.15) is 51.3 Å². The quantitative estimate of drug-likeness (QED) is 0.390. The third kappa shape index (κ3) is 4.18. The van der Waals surface area contributed by atoms with Gasteiger partial charge < -0.3 is 0 Å². The van der Waals surface area contributed by atoms with Gasteiger partial charge in [-0.15, -0.1) is 0 Å². The summed E-state index contributed by atoms with van der Waals surface area (Å²) in [6, 6.07) is 11.1. The molecule has 0 heterocycles. The fraction of sp³-hybridized carbons (Fsp3) is 0.556. The molecule has 0 fully saturated rings. The van der Waals surface area contributed by atoms with Gasteiger partial charge in [0.25, 0.3) is 0 Å². The molecule has 1 atom stereocenters. The molecule has 0 spiro atoms. The average Bonchev–Trinajstić information content (AvgIpc) is 2.41. The molecule has 0 bridgehead atoms. The molecule has 108 valence electrons. The van der Waals surface area contributed by atoms with Crippen LogP contribution in [0, 0.1) is 0 Å². The molecule has 0 amide bonds. The fourth-order valence-corrected chi connectivity index (χ4v) is 9.81. The van der Waals surface area contributed by atoms with Gasteiger partial charge in [-0.2, -0.15) is 0 Å². The van der Waals surface area contributed by atoms with Crippen molar-refractivity contribution in [2.75, 3.05) is 18.5 Å². The minimum absolute atomic E-state index is 0.633. The standard InChI is InChI=1S/C18H31P/c1-5-14-19(15-6-2,16-7-3)18(8-4)17-12-10-9-11-13-17/h8-13,18-19H,4-7,14-16H2,1-3H3. The van der Waals surface area contributed by atoms with E-state index in [1.54, 1.807) is 0 Å². The molecule has 0 nitrogen and oxygen atoms in total. The maximum atomic E-state index is 4.18. The maximum absolute atomic E-state index is 4.18. The molecule has 1 heteroatoms. The van der Waals surface area contributed by atoms with Gasteiger partial charge in [0.2, 0.25) is 0 Å². The van der Waals surface area contributed by atoms with Crippen LogP contribution >= 0.6 is 7.26 Å². The summed E-state index contributed by atoms with van der Waals surface area (Å²) in [5.41, 5.74) is 2.13. The van der Waals surface area contributed by atoms with E-state index in [4.69, 9.17) is 0 Å². The first-order chi connectivity index (χ1) is 9.24. The van der Waals surface area contributed by atoms with Crippen LogP contribution in [0.2, 0.25) is 0 Å². The van der Waals surface area contributed by atoms with E-state index >= 15 is 0 Å². The number of allylic oxidation sites excluding steroid dienone is 1. The molecule has 0 saturated heterocycles. The predicted molar refractivity (Wildman–Crippen MR) is 93.2 cm³/mol. The third-order valence-electron chi connectivity index (χ3n) is 4.30. The summed E-state index contributed by atoms with van der Waals surface area (Å²) in [4.78, 5) is 0. The Morgan fingerprint density at radius 3 is 1.79 bits per heavy atom. The topological polar surface area (TPSA) is 0 Å². The molecule has 0 aliphatic heterocycles. The van der Waals surface area contributed by atoms with E-state index in [0.717, 1.165) is 0 Å². The van der Waals surface area contributed by atoms with Crippen molar-refractivity contribution in [3.05, 3.63) is 48.6 Å². The first kappa shape index (κ1) is 16.4. The zero-order valence-corrected chi connectivity index (χ0v) is 14.0. The van der Waals surface area contributed by atoms with Crippen LogP contribution in [-0.2, 0) is 0 Å². The molecule has 1 aromatic rings. The van der Waals surface area contributed by atoms with Crippen LogP contribution in [0.4, 0.5) is 0 Å². The molecule has 0 radical (unpaired) electrons. The van der Waals surface area contributed by atoms with E-state index in [2.05, 4.69) is 63.8 Å². The number of hydrogen-bond acceptors (Lipinski definition) is 0. The van der Waals surface area contributed by atoms with Crippen molar-refractivity contribution in [2.45, 2.75) is 45.7 Å². The molecular weight excluding hydrogens is 247 g/mol. The van der Waals surface area contributed by atoms with Gasteiger partial charge in [0.15, 0.2) is 0 Å². The summed E-state index contributed by atoms with van der Waals surface area (Å²) in [6.07, 6.45) is 10.6. The number of rotatable bonds is 9. The van der Waals surface area contributed by atoms with Crippen molar-refractivity contribution in [1.82, 2.24) is 0 Å². The van der Waals surface area contributed by atoms with Crippen LogP contribution in [0.5, 0.6) is 0 Å². The Morgan fingerprint density at radius 2 is 1.42 bits per heavy atom. The van der Waals surface area contributed by atoms with Crippen molar-refractivity contribution in [3.8, 4) is 0 Å². The predicted octanol–water partition coefficient (Wildman–Crippen LogP) is 5.89. The van der Waals surface area contributed by atoms with Crippen LogP contribution in [0.25, 0.3) is 0 Å². The molecule has 0 aliphatic carbocycles. The van der Waals surface area contributed by atoms with E-state index in [1.807, 2.05) is 0 Å². The van der Waals surface area contributed by atoms with Gasteiger partial charge in [0, 0.05) is 0 Å². The molecule has 19 heavy (non-hydrogen) atoms. The van der Waals surface area contributed by atoms with E-state index in [9.17, 15) is 0 Å². The van der Waals surface area contributed by atoms with Crippen molar-refractivity contribution < 1.29 is 0 Å². The van der Waals surface area contributed by atoms with Crippen molar-refractivity contribution in [1.29, 1.82) is 0 Å². The van der Waals surface area contributed by atoms with Crippen molar-refractivity contribution in [2.24, 2.45) is 0 Å².